The third-order valence-electron chi connectivity index (χ3n) is 3.41. The normalized spacial score (nSPS) is 22.5. The zero-order valence-electron chi connectivity index (χ0n) is 11.8. The van der Waals surface area contributed by atoms with E-state index in [0.29, 0.717) is 6.04 Å². The highest BCUT2D eigenvalue weighted by Gasteiger charge is 2.23. The number of carbonyl (C=O) groups excluding carboxylic acids is 1. The molecule has 2 unspecified atom stereocenters. The number of benzene rings is 1. The smallest absolute Gasteiger partial charge is 0.226 e. The highest BCUT2D eigenvalue weighted by atomic mass is 16.5. The van der Waals surface area contributed by atoms with Gasteiger partial charge in [-0.25, -0.2) is 0 Å². The van der Waals surface area contributed by atoms with Crippen LogP contribution in [0.3, 0.4) is 0 Å². The molecule has 0 bridgehead atoms. The molecule has 19 heavy (non-hydrogen) atoms. The fourth-order valence-electron chi connectivity index (χ4n) is 2.07. The summed E-state index contributed by atoms with van der Waals surface area (Å²) in [5, 5.41) is 6.34. The lowest BCUT2D eigenvalue weighted by Gasteiger charge is -2.17. The molecule has 0 aromatic heterocycles. The van der Waals surface area contributed by atoms with E-state index in [9.17, 15) is 4.79 Å². The van der Waals surface area contributed by atoms with Crippen LogP contribution in [0.25, 0.3) is 0 Å². The molecule has 2 rings (SSSR count). The lowest BCUT2D eigenvalue weighted by atomic mass is 10.1. The molecule has 1 amide bonds. The van der Waals surface area contributed by atoms with Crippen LogP contribution in [-0.4, -0.2) is 24.7 Å². The maximum absolute atomic E-state index is 11.6. The molecule has 2 N–H and O–H groups in total. The van der Waals surface area contributed by atoms with Crippen LogP contribution in [0.15, 0.2) is 24.3 Å². The second-order valence-corrected chi connectivity index (χ2v) is 5.34. The molecule has 1 aromatic rings. The number of anilines is 2. The quantitative estimate of drug-likeness (QED) is 0.877. The first-order valence-electron chi connectivity index (χ1n) is 6.85. The Bertz CT molecular complexity index is 428. The average Bonchev–Trinajstić information content (AvgIpc) is 2.77. The summed E-state index contributed by atoms with van der Waals surface area (Å²) >= 11 is 0. The van der Waals surface area contributed by atoms with Gasteiger partial charge in [0.05, 0.1) is 12.1 Å². The lowest BCUT2D eigenvalue weighted by molar-refractivity contribution is -0.118. The summed E-state index contributed by atoms with van der Waals surface area (Å²) in [5.41, 5.74) is 1.89. The number of rotatable bonds is 4. The van der Waals surface area contributed by atoms with Gasteiger partial charge >= 0.3 is 0 Å². The minimum absolute atomic E-state index is 0.00529. The largest absolute Gasteiger partial charge is 0.380 e. The van der Waals surface area contributed by atoms with Crippen molar-refractivity contribution in [2.75, 3.05) is 17.2 Å². The molecule has 1 heterocycles. The zero-order valence-corrected chi connectivity index (χ0v) is 11.8. The van der Waals surface area contributed by atoms with Crippen molar-refractivity contribution in [3.63, 3.8) is 0 Å². The van der Waals surface area contributed by atoms with Gasteiger partial charge in [0.2, 0.25) is 5.91 Å². The van der Waals surface area contributed by atoms with Crippen LogP contribution < -0.4 is 10.6 Å². The summed E-state index contributed by atoms with van der Waals surface area (Å²) in [6, 6.07) is 8.19. The third-order valence-corrected chi connectivity index (χ3v) is 3.41. The van der Waals surface area contributed by atoms with Gasteiger partial charge in [0.15, 0.2) is 0 Å². The van der Waals surface area contributed by atoms with Gasteiger partial charge in [-0.2, -0.15) is 0 Å². The SMILES string of the molecule is CC(C)C(=O)Nc1ccc(NC2CCOC2C)cc1. The van der Waals surface area contributed by atoms with Gasteiger partial charge in [0, 0.05) is 23.9 Å². The van der Waals surface area contributed by atoms with Crippen molar-refractivity contribution >= 4 is 17.3 Å². The summed E-state index contributed by atoms with van der Waals surface area (Å²) in [7, 11) is 0. The Hall–Kier alpha value is -1.55. The number of hydrogen-bond acceptors (Lipinski definition) is 3. The number of amides is 1. The molecule has 1 saturated heterocycles. The summed E-state index contributed by atoms with van der Waals surface area (Å²) in [4.78, 5) is 11.6. The summed E-state index contributed by atoms with van der Waals surface area (Å²) in [5.74, 6) is 0.0350. The van der Waals surface area contributed by atoms with Gasteiger partial charge < -0.3 is 15.4 Å². The molecule has 4 heteroatoms. The van der Waals surface area contributed by atoms with Crippen LogP contribution in [0, 0.1) is 5.92 Å². The van der Waals surface area contributed by atoms with Gasteiger partial charge in [-0.3, -0.25) is 4.79 Å². The van der Waals surface area contributed by atoms with E-state index in [0.717, 1.165) is 24.4 Å². The van der Waals surface area contributed by atoms with E-state index in [1.165, 1.54) is 0 Å². The Morgan fingerprint density at radius 2 is 1.89 bits per heavy atom. The van der Waals surface area contributed by atoms with E-state index in [1.807, 2.05) is 38.1 Å². The van der Waals surface area contributed by atoms with Crippen LogP contribution in [0.2, 0.25) is 0 Å². The molecule has 1 aliphatic rings. The van der Waals surface area contributed by atoms with Crippen LogP contribution in [-0.2, 0) is 9.53 Å². The van der Waals surface area contributed by atoms with E-state index >= 15 is 0 Å². The van der Waals surface area contributed by atoms with Gasteiger partial charge in [-0.1, -0.05) is 13.8 Å². The van der Waals surface area contributed by atoms with Gasteiger partial charge in [0.1, 0.15) is 0 Å². The molecule has 4 nitrogen and oxygen atoms in total. The second-order valence-electron chi connectivity index (χ2n) is 5.34. The number of ether oxygens (including phenoxy) is 1. The number of carbonyl (C=O) groups is 1. The predicted octanol–water partition coefficient (Wildman–Crippen LogP) is 2.87. The molecule has 0 radical (unpaired) electrons. The van der Waals surface area contributed by atoms with Crippen molar-refractivity contribution < 1.29 is 9.53 Å². The first-order valence-corrected chi connectivity index (χ1v) is 6.85. The minimum atomic E-state index is -0.00529. The van der Waals surface area contributed by atoms with Crippen molar-refractivity contribution in [1.82, 2.24) is 0 Å². The predicted molar refractivity (Wildman–Crippen MR) is 77.4 cm³/mol. The van der Waals surface area contributed by atoms with Crippen LogP contribution in [0.1, 0.15) is 27.2 Å². The molecular weight excluding hydrogens is 240 g/mol. The molecular formula is C15H22N2O2. The monoisotopic (exact) mass is 262 g/mol. The molecule has 2 atom stereocenters. The van der Waals surface area contributed by atoms with Crippen molar-refractivity contribution in [2.45, 2.75) is 39.3 Å². The molecule has 1 aromatic carbocycles. The first-order chi connectivity index (χ1) is 9.06. The van der Waals surface area contributed by atoms with E-state index in [1.54, 1.807) is 0 Å². The number of nitrogens with one attached hydrogen (secondary N) is 2. The maximum Gasteiger partial charge on any atom is 0.226 e. The van der Waals surface area contributed by atoms with E-state index in [2.05, 4.69) is 17.6 Å². The Labute approximate surface area is 114 Å². The third kappa shape index (κ3) is 3.70. The Balaban J connectivity index is 1.93. The Kier molecular flexibility index (Phi) is 4.43. The fourth-order valence-corrected chi connectivity index (χ4v) is 2.07. The Morgan fingerprint density at radius 1 is 1.26 bits per heavy atom. The highest BCUT2D eigenvalue weighted by Crippen LogP contribution is 2.20. The average molecular weight is 262 g/mol. The fraction of sp³-hybridized carbons (Fsp3) is 0.533. The molecule has 1 aliphatic heterocycles. The molecule has 0 saturated carbocycles. The van der Waals surface area contributed by atoms with Gasteiger partial charge in [0.25, 0.3) is 0 Å². The Morgan fingerprint density at radius 3 is 2.42 bits per heavy atom. The standard InChI is InChI=1S/C15H22N2O2/c1-10(2)15(18)17-13-6-4-12(5-7-13)16-14-8-9-19-11(14)3/h4-7,10-11,14,16H,8-9H2,1-3H3,(H,17,18). The molecule has 0 spiro atoms. The van der Waals surface area contributed by atoms with Crippen molar-refractivity contribution in [1.29, 1.82) is 0 Å². The molecule has 104 valence electrons. The first kappa shape index (κ1) is 13.9. The van der Waals surface area contributed by atoms with Gasteiger partial charge in [-0.05, 0) is 37.6 Å². The summed E-state index contributed by atoms with van der Waals surface area (Å²) in [6.07, 6.45) is 1.29. The topological polar surface area (TPSA) is 50.4 Å². The summed E-state index contributed by atoms with van der Waals surface area (Å²) < 4.78 is 5.52. The second kappa shape index (κ2) is 6.06. The molecule has 0 aliphatic carbocycles. The van der Waals surface area contributed by atoms with E-state index in [4.69, 9.17) is 4.74 Å². The van der Waals surface area contributed by atoms with Crippen LogP contribution in [0.4, 0.5) is 11.4 Å². The van der Waals surface area contributed by atoms with Crippen LogP contribution >= 0.6 is 0 Å². The molecule has 1 fully saturated rings. The minimum Gasteiger partial charge on any atom is -0.380 e. The lowest BCUT2D eigenvalue weighted by Crippen LogP contribution is -2.26. The maximum atomic E-state index is 11.6. The van der Waals surface area contributed by atoms with Crippen LogP contribution in [0.5, 0.6) is 0 Å². The van der Waals surface area contributed by atoms with Crippen molar-refractivity contribution in [3.8, 4) is 0 Å². The van der Waals surface area contributed by atoms with Crippen molar-refractivity contribution in [2.24, 2.45) is 5.92 Å². The number of hydrogen-bond donors (Lipinski definition) is 2. The zero-order chi connectivity index (χ0) is 13.8. The highest BCUT2D eigenvalue weighted by molar-refractivity contribution is 5.92. The van der Waals surface area contributed by atoms with Gasteiger partial charge in [-0.15, -0.1) is 0 Å². The van der Waals surface area contributed by atoms with E-state index < -0.39 is 0 Å². The summed E-state index contributed by atoms with van der Waals surface area (Å²) in [6.45, 7) is 6.67. The van der Waals surface area contributed by atoms with E-state index in [-0.39, 0.29) is 17.9 Å². The van der Waals surface area contributed by atoms with Crippen molar-refractivity contribution in [3.05, 3.63) is 24.3 Å².